The van der Waals surface area contributed by atoms with Gasteiger partial charge in [0.25, 0.3) is 0 Å². The Morgan fingerprint density at radius 3 is 2.71 bits per heavy atom. The summed E-state index contributed by atoms with van der Waals surface area (Å²) in [5.74, 6) is 2.16. The van der Waals surface area contributed by atoms with Gasteiger partial charge < -0.3 is 15.4 Å². The first kappa shape index (κ1) is 15.4. The van der Waals surface area contributed by atoms with Crippen LogP contribution in [0.15, 0.2) is 30.6 Å². The van der Waals surface area contributed by atoms with Gasteiger partial charge >= 0.3 is 0 Å². The molecule has 112 valence electrons. The molecule has 0 aliphatic carbocycles. The van der Waals surface area contributed by atoms with Crippen LogP contribution in [0.1, 0.15) is 19.8 Å². The maximum Gasteiger partial charge on any atom is 0.137 e. The number of benzene rings is 1. The first-order chi connectivity index (χ1) is 10.2. The Hall–Kier alpha value is -2.01. The first-order valence-corrected chi connectivity index (χ1v) is 7.27. The zero-order valence-electron chi connectivity index (χ0n) is 12.2. The van der Waals surface area contributed by atoms with Gasteiger partial charge in [-0.15, -0.1) is 0 Å². The number of rotatable bonds is 7. The van der Waals surface area contributed by atoms with Crippen LogP contribution in [-0.2, 0) is 0 Å². The Morgan fingerprint density at radius 2 is 2.00 bits per heavy atom. The van der Waals surface area contributed by atoms with E-state index in [9.17, 15) is 0 Å². The van der Waals surface area contributed by atoms with Crippen molar-refractivity contribution in [2.24, 2.45) is 0 Å². The second-order valence-electron chi connectivity index (χ2n) is 4.54. The molecular formula is C15H19ClN4O. The lowest BCUT2D eigenvalue weighted by atomic mass is 10.3. The predicted octanol–water partition coefficient (Wildman–Crippen LogP) is 4.09. The monoisotopic (exact) mass is 306 g/mol. The number of anilines is 3. The Morgan fingerprint density at radius 1 is 1.19 bits per heavy atom. The van der Waals surface area contributed by atoms with Crippen molar-refractivity contribution in [3.05, 3.63) is 35.6 Å². The fraction of sp³-hybridized carbons (Fsp3) is 0.333. The van der Waals surface area contributed by atoms with E-state index in [-0.39, 0.29) is 0 Å². The molecule has 0 aliphatic heterocycles. The number of unbranched alkanes of at least 4 members (excludes halogenated alkanes) is 1. The molecule has 21 heavy (non-hydrogen) atoms. The summed E-state index contributed by atoms with van der Waals surface area (Å²) in [5.41, 5.74) is 0.846. The highest BCUT2D eigenvalue weighted by molar-refractivity contribution is 6.32. The molecule has 0 unspecified atom stereocenters. The number of halogens is 1. The van der Waals surface area contributed by atoms with Crippen LogP contribution in [0, 0.1) is 0 Å². The van der Waals surface area contributed by atoms with Gasteiger partial charge in [0.1, 0.15) is 23.7 Å². The highest BCUT2D eigenvalue weighted by Crippen LogP contribution is 2.28. The van der Waals surface area contributed by atoms with E-state index < -0.39 is 0 Å². The van der Waals surface area contributed by atoms with E-state index in [4.69, 9.17) is 16.3 Å². The number of nitrogens with zero attached hydrogens (tertiary/aromatic N) is 2. The van der Waals surface area contributed by atoms with Gasteiger partial charge in [-0.3, -0.25) is 0 Å². The minimum atomic E-state index is 0.554. The number of aromatic nitrogens is 2. The van der Waals surface area contributed by atoms with E-state index in [1.54, 1.807) is 13.2 Å². The van der Waals surface area contributed by atoms with Crippen molar-refractivity contribution in [2.45, 2.75) is 19.8 Å². The van der Waals surface area contributed by atoms with Crippen LogP contribution < -0.4 is 15.4 Å². The maximum absolute atomic E-state index is 6.10. The van der Waals surface area contributed by atoms with Crippen LogP contribution in [0.4, 0.5) is 17.3 Å². The van der Waals surface area contributed by atoms with Crippen LogP contribution >= 0.6 is 11.6 Å². The number of methoxy groups -OCH3 is 1. The van der Waals surface area contributed by atoms with Crippen LogP contribution in [0.2, 0.25) is 5.02 Å². The van der Waals surface area contributed by atoms with Gasteiger partial charge in [-0.25, -0.2) is 9.97 Å². The topological polar surface area (TPSA) is 59.1 Å². The summed E-state index contributed by atoms with van der Waals surface area (Å²) in [5, 5.41) is 7.01. The number of nitrogens with one attached hydrogen (secondary N) is 2. The highest BCUT2D eigenvalue weighted by Gasteiger charge is 2.03. The molecule has 0 atom stereocenters. The summed E-state index contributed by atoms with van der Waals surface area (Å²) in [4.78, 5) is 8.39. The van der Waals surface area contributed by atoms with Gasteiger partial charge in [-0.1, -0.05) is 24.9 Å². The minimum absolute atomic E-state index is 0.554. The molecule has 0 saturated carbocycles. The minimum Gasteiger partial charge on any atom is -0.495 e. The van der Waals surface area contributed by atoms with Crippen molar-refractivity contribution in [2.75, 3.05) is 24.3 Å². The van der Waals surface area contributed by atoms with Gasteiger partial charge in [-0.2, -0.15) is 0 Å². The second-order valence-corrected chi connectivity index (χ2v) is 4.95. The summed E-state index contributed by atoms with van der Waals surface area (Å²) < 4.78 is 5.13. The fourth-order valence-corrected chi connectivity index (χ4v) is 2.07. The molecule has 1 heterocycles. The summed E-state index contributed by atoms with van der Waals surface area (Å²) in [6, 6.07) is 7.36. The van der Waals surface area contributed by atoms with Crippen molar-refractivity contribution < 1.29 is 4.74 Å². The largest absolute Gasteiger partial charge is 0.495 e. The SMILES string of the molecule is CCCCNc1cc(Nc2ccc(OC)c(Cl)c2)ncn1. The summed E-state index contributed by atoms with van der Waals surface area (Å²) in [6.45, 7) is 3.06. The van der Waals surface area contributed by atoms with Gasteiger partial charge in [0, 0.05) is 18.3 Å². The molecule has 6 heteroatoms. The lowest BCUT2D eigenvalue weighted by Gasteiger charge is -2.10. The molecule has 2 aromatic rings. The summed E-state index contributed by atoms with van der Waals surface area (Å²) in [6.07, 6.45) is 3.79. The Labute approximate surface area is 129 Å². The van der Waals surface area contributed by atoms with E-state index in [0.717, 1.165) is 30.9 Å². The van der Waals surface area contributed by atoms with Crippen molar-refractivity contribution in [3.8, 4) is 5.75 Å². The Balaban J connectivity index is 2.05. The molecule has 0 saturated heterocycles. The molecule has 0 fully saturated rings. The van der Waals surface area contributed by atoms with E-state index >= 15 is 0 Å². The summed E-state index contributed by atoms with van der Waals surface area (Å²) >= 11 is 6.10. The zero-order chi connectivity index (χ0) is 15.1. The fourth-order valence-electron chi connectivity index (χ4n) is 1.81. The smallest absolute Gasteiger partial charge is 0.137 e. The average Bonchev–Trinajstić information content (AvgIpc) is 2.48. The highest BCUT2D eigenvalue weighted by atomic mass is 35.5. The van der Waals surface area contributed by atoms with Crippen LogP contribution in [-0.4, -0.2) is 23.6 Å². The van der Waals surface area contributed by atoms with Gasteiger partial charge in [0.2, 0.25) is 0 Å². The third-order valence-electron chi connectivity index (χ3n) is 2.93. The lowest BCUT2D eigenvalue weighted by Crippen LogP contribution is -2.04. The van der Waals surface area contributed by atoms with Gasteiger partial charge in [-0.05, 0) is 24.6 Å². The van der Waals surface area contributed by atoms with Crippen molar-refractivity contribution >= 4 is 28.9 Å². The predicted molar refractivity (Wildman–Crippen MR) is 86.7 cm³/mol. The van der Waals surface area contributed by atoms with Crippen LogP contribution in [0.5, 0.6) is 5.75 Å². The molecule has 0 amide bonds. The Bertz CT molecular complexity index is 592. The average molecular weight is 307 g/mol. The van der Waals surface area contributed by atoms with E-state index in [1.807, 2.05) is 18.2 Å². The number of ether oxygens (including phenoxy) is 1. The van der Waals surface area contributed by atoms with E-state index in [1.165, 1.54) is 6.33 Å². The van der Waals surface area contributed by atoms with Crippen LogP contribution in [0.3, 0.4) is 0 Å². The third kappa shape index (κ3) is 4.49. The molecule has 0 bridgehead atoms. The second kappa shape index (κ2) is 7.69. The Kier molecular flexibility index (Phi) is 5.63. The molecule has 0 aliphatic rings. The molecule has 2 N–H and O–H groups in total. The van der Waals surface area contributed by atoms with Gasteiger partial charge in [0.15, 0.2) is 0 Å². The van der Waals surface area contributed by atoms with Crippen molar-refractivity contribution in [1.29, 1.82) is 0 Å². The zero-order valence-corrected chi connectivity index (χ0v) is 12.9. The molecule has 0 radical (unpaired) electrons. The van der Waals surface area contributed by atoms with Crippen molar-refractivity contribution in [1.82, 2.24) is 9.97 Å². The maximum atomic E-state index is 6.10. The van der Waals surface area contributed by atoms with E-state index in [2.05, 4.69) is 27.5 Å². The van der Waals surface area contributed by atoms with Gasteiger partial charge in [0.05, 0.1) is 12.1 Å². The molecule has 2 rings (SSSR count). The molecule has 1 aromatic carbocycles. The molecular weight excluding hydrogens is 288 g/mol. The molecule has 1 aromatic heterocycles. The number of hydrogen-bond acceptors (Lipinski definition) is 5. The molecule has 5 nitrogen and oxygen atoms in total. The molecule has 0 spiro atoms. The quantitative estimate of drug-likeness (QED) is 0.754. The third-order valence-corrected chi connectivity index (χ3v) is 3.22. The van der Waals surface area contributed by atoms with Crippen molar-refractivity contribution in [3.63, 3.8) is 0 Å². The first-order valence-electron chi connectivity index (χ1n) is 6.89. The van der Waals surface area contributed by atoms with E-state index in [0.29, 0.717) is 16.6 Å². The summed E-state index contributed by atoms with van der Waals surface area (Å²) in [7, 11) is 1.59. The normalized spacial score (nSPS) is 10.2. The van der Waals surface area contributed by atoms with Crippen LogP contribution in [0.25, 0.3) is 0 Å². The number of hydrogen-bond donors (Lipinski definition) is 2. The lowest BCUT2D eigenvalue weighted by molar-refractivity contribution is 0.415. The standard InChI is InChI=1S/C15H19ClN4O/c1-3-4-7-17-14-9-15(19-10-18-14)20-11-5-6-13(21-2)12(16)8-11/h5-6,8-10H,3-4,7H2,1-2H3,(H2,17,18,19,20).